The summed E-state index contributed by atoms with van der Waals surface area (Å²) in [5.41, 5.74) is 6.52. The number of carbonyl (C=O) groups is 4. The molecule has 0 saturated carbocycles. The molecule has 0 N–H and O–H groups in total. The molecule has 0 bridgehead atoms. The molecule has 1 aromatic carbocycles. The van der Waals surface area contributed by atoms with E-state index in [1.54, 1.807) is 0 Å². The fraction of sp³-hybridized carbons (Fsp3) is 0.394. The summed E-state index contributed by atoms with van der Waals surface area (Å²) < 4.78 is 28.3. The molecule has 1 fully saturated rings. The number of benzene rings is 1. The van der Waals surface area contributed by atoms with Gasteiger partial charge in [0.15, 0.2) is 18.3 Å². The van der Waals surface area contributed by atoms with Crippen LogP contribution in [0.1, 0.15) is 63.0 Å². The quantitative estimate of drug-likeness (QED) is 0.263. The predicted octanol–water partition coefficient (Wildman–Crippen LogP) is 4.74. The van der Waals surface area contributed by atoms with E-state index in [4.69, 9.17) is 23.7 Å². The van der Waals surface area contributed by atoms with E-state index >= 15 is 0 Å². The fourth-order valence-corrected chi connectivity index (χ4v) is 5.58. The van der Waals surface area contributed by atoms with Gasteiger partial charge in [-0.3, -0.25) is 19.2 Å². The van der Waals surface area contributed by atoms with Crippen LogP contribution in [-0.2, 0) is 55.7 Å². The van der Waals surface area contributed by atoms with E-state index in [2.05, 4.69) is 25.1 Å². The number of carbonyl (C=O) groups excluding carboxylic acids is 4. The van der Waals surface area contributed by atoms with Crippen molar-refractivity contribution in [3.63, 3.8) is 0 Å². The Bertz CT molecular complexity index is 1410. The van der Waals surface area contributed by atoms with Crippen LogP contribution in [0.25, 0.3) is 11.1 Å². The van der Waals surface area contributed by atoms with Crippen LogP contribution in [0.5, 0.6) is 0 Å². The van der Waals surface area contributed by atoms with Gasteiger partial charge in [0.05, 0.1) is 0 Å². The molecule has 1 saturated heterocycles. The second-order valence-corrected chi connectivity index (χ2v) is 10.3. The van der Waals surface area contributed by atoms with Crippen molar-refractivity contribution in [1.29, 1.82) is 0 Å². The minimum absolute atomic E-state index is 0.272. The second kappa shape index (κ2) is 13.6. The molecule has 1 aromatic rings. The van der Waals surface area contributed by atoms with Crippen molar-refractivity contribution in [2.75, 3.05) is 6.61 Å². The van der Waals surface area contributed by atoms with E-state index in [1.165, 1.54) is 49.9 Å². The van der Waals surface area contributed by atoms with Crippen molar-refractivity contribution in [3.05, 3.63) is 82.9 Å². The van der Waals surface area contributed by atoms with Gasteiger partial charge in [0.25, 0.3) is 0 Å². The number of fused-ring (bicyclic) bond motifs is 1. The lowest BCUT2D eigenvalue weighted by Crippen LogP contribution is -2.59. The van der Waals surface area contributed by atoms with Gasteiger partial charge in [0.1, 0.15) is 18.8 Å². The smallest absolute Gasteiger partial charge is 0.303 e. The number of rotatable bonds is 9. The van der Waals surface area contributed by atoms with Gasteiger partial charge >= 0.3 is 23.9 Å². The fourth-order valence-electron chi connectivity index (χ4n) is 5.58. The van der Waals surface area contributed by atoms with Crippen LogP contribution < -0.4 is 0 Å². The molecule has 3 aliphatic rings. The molecule has 2 aliphatic carbocycles. The Morgan fingerprint density at radius 2 is 1.40 bits per heavy atom. The first-order chi connectivity index (χ1) is 20.1. The number of hydrogen-bond donors (Lipinski definition) is 0. The van der Waals surface area contributed by atoms with Gasteiger partial charge in [-0.1, -0.05) is 67.6 Å². The minimum Gasteiger partial charge on any atom is -0.463 e. The molecule has 0 unspecified atom stereocenters. The zero-order chi connectivity index (χ0) is 30.4. The van der Waals surface area contributed by atoms with Gasteiger partial charge in [0.2, 0.25) is 0 Å². The first kappa shape index (κ1) is 30.7. The summed E-state index contributed by atoms with van der Waals surface area (Å²) in [7, 11) is 0. The average Bonchev–Trinajstić information content (AvgIpc) is 3.07. The Morgan fingerprint density at radius 1 is 0.738 bits per heavy atom. The van der Waals surface area contributed by atoms with E-state index < -0.39 is 54.4 Å². The molecule has 0 aromatic heterocycles. The molecule has 222 valence electrons. The van der Waals surface area contributed by atoms with Crippen LogP contribution in [-0.4, -0.2) is 54.9 Å². The average molecular weight is 577 g/mol. The summed E-state index contributed by atoms with van der Waals surface area (Å²) in [6.45, 7) is 6.74. The number of esters is 4. The van der Waals surface area contributed by atoms with Gasteiger partial charge in [-0.2, -0.15) is 0 Å². The molecule has 0 spiro atoms. The van der Waals surface area contributed by atoms with Crippen molar-refractivity contribution in [1.82, 2.24) is 0 Å². The molecule has 9 nitrogen and oxygen atoms in total. The van der Waals surface area contributed by atoms with E-state index in [0.717, 1.165) is 12.0 Å². The lowest BCUT2D eigenvalue weighted by atomic mass is 9.89. The van der Waals surface area contributed by atoms with E-state index in [9.17, 15) is 19.2 Å². The van der Waals surface area contributed by atoms with E-state index in [0.29, 0.717) is 12.0 Å². The highest BCUT2D eigenvalue weighted by Gasteiger charge is 2.52. The summed E-state index contributed by atoms with van der Waals surface area (Å²) in [6, 6.07) is 20.2. The highest BCUT2D eigenvalue weighted by molar-refractivity contribution is 5.73. The van der Waals surface area contributed by atoms with Crippen molar-refractivity contribution in [3.8, 4) is 11.1 Å². The highest BCUT2D eigenvalue weighted by atomic mass is 16.7. The Labute approximate surface area is 245 Å². The molecule has 1 heterocycles. The van der Waals surface area contributed by atoms with Crippen molar-refractivity contribution in [2.45, 2.75) is 78.0 Å². The maximum Gasteiger partial charge on any atom is 0.303 e. The van der Waals surface area contributed by atoms with E-state index in [1.807, 2.05) is 42.5 Å². The molecular weight excluding hydrogens is 540 g/mol. The Balaban J connectivity index is 1.74. The van der Waals surface area contributed by atoms with Gasteiger partial charge in [-0.15, -0.1) is 0 Å². The normalized spacial score (nSPS) is 21.8. The Morgan fingerprint density at radius 3 is 2.07 bits per heavy atom. The van der Waals surface area contributed by atoms with Crippen LogP contribution >= 0.6 is 0 Å². The van der Waals surface area contributed by atoms with Gasteiger partial charge in [0, 0.05) is 27.7 Å². The van der Waals surface area contributed by atoms with Gasteiger partial charge < -0.3 is 23.7 Å². The topological polar surface area (TPSA) is 114 Å². The molecular formula is C33H36O9. The zero-order valence-electron chi connectivity index (χ0n) is 24.5. The molecule has 5 atom stereocenters. The standard InChI is InChI=1S/C33H36O9/c1-6-27-26(17-24-12-8-7-9-14-28(24)27)16-23-11-10-13-25(15-23)30-32(40-21(4)36)33(41-22(5)37)31(39-20(3)35)29(42-30)18-38-19(2)34/h7-15,17,29-33H,6,16,18H2,1-5H3/t29-,30+,31-,32+,33+/m1/s1. The van der Waals surface area contributed by atoms with Crippen LogP contribution in [0.2, 0.25) is 0 Å². The first-order valence-corrected chi connectivity index (χ1v) is 14.0. The number of ether oxygens (including phenoxy) is 5. The lowest BCUT2D eigenvalue weighted by molar-refractivity contribution is -0.254. The summed E-state index contributed by atoms with van der Waals surface area (Å²) in [4.78, 5) is 48.1. The third-order valence-electron chi connectivity index (χ3n) is 7.13. The number of hydrogen-bond acceptors (Lipinski definition) is 9. The maximum atomic E-state index is 12.2. The second-order valence-electron chi connectivity index (χ2n) is 10.3. The summed E-state index contributed by atoms with van der Waals surface area (Å²) in [6.07, 6.45) is -3.95. The zero-order valence-corrected chi connectivity index (χ0v) is 24.5. The van der Waals surface area contributed by atoms with Crippen LogP contribution in [0.3, 0.4) is 0 Å². The largest absolute Gasteiger partial charge is 0.463 e. The van der Waals surface area contributed by atoms with Crippen LogP contribution in [0, 0.1) is 0 Å². The predicted molar refractivity (Wildman–Crippen MR) is 153 cm³/mol. The third-order valence-corrected chi connectivity index (χ3v) is 7.13. The summed E-state index contributed by atoms with van der Waals surface area (Å²) in [5.74, 6) is -2.53. The maximum absolute atomic E-state index is 12.2. The van der Waals surface area contributed by atoms with Crippen LogP contribution in [0.4, 0.5) is 0 Å². The monoisotopic (exact) mass is 576 g/mol. The molecule has 0 radical (unpaired) electrons. The molecule has 4 rings (SSSR count). The molecule has 1 aliphatic heterocycles. The molecule has 42 heavy (non-hydrogen) atoms. The van der Waals surface area contributed by atoms with Crippen LogP contribution in [0.15, 0.2) is 60.7 Å². The summed E-state index contributed by atoms with van der Waals surface area (Å²) in [5, 5.41) is 0. The SMILES string of the molecule is CCc1c(Cc2cccc([C@@H]3O[C@H](COC(C)=O)[C@@H](OC(C)=O)[C@H](OC(C)=O)[C@H]3OC(C)=O)c2)cc2cccccc1-2. The van der Waals surface area contributed by atoms with Gasteiger partial charge in [-0.05, 0) is 46.2 Å². The van der Waals surface area contributed by atoms with Crippen molar-refractivity contribution >= 4 is 23.9 Å². The highest BCUT2D eigenvalue weighted by Crippen LogP contribution is 2.39. The minimum atomic E-state index is -1.22. The molecule has 9 heteroatoms. The third kappa shape index (κ3) is 7.33. The Hall–Kier alpha value is -4.24. The van der Waals surface area contributed by atoms with E-state index in [-0.39, 0.29) is 6.61 Å². The summed E-state index contributed by atoms with van der Waals surface area (Å²) >= 11 is 0. The first-order valence-electron chi connectivity index (χ1n) is 14.0. The van der Waals surface area contributed by atoms with Crippen molar-refractivity contribution < 1.29 is 42.9 Å². The van der Waals surface area contributed by atoms with Gasteiger partial charge in [-0.25, -0.2) is 0 Å². The van der Waals surface area contributed by atoms with Crippen molar-refractivity contribution in [2.24, 2.45) is 0 Å². The lowest BCUT2D eigenvalue weighted by Gasteiger charge is -2.44. The Kier molecular flexibility index (Phi) is 9.96. The molecule has 0 amide bonds.